The van der Waals surface area contributed by atoms with Crippen molar-refractivity contribution in [2.45, 2.75) is 0 Å². The summed E-state index contributed by atoms with van der Waals surface area (Å²) in [4.78, 5) is 24.0. The van der Waals surface area contributed by atoms with Crippen molar-refractivity contribution >= 4 is 11.5 Å². The molecule has 1 aromatic carbocycles. The molecule has 20 heavy (non-hydrogen) atoms. The van der Waals surface area contributed by atoms with Gasteiger partial charge in [0.05, 0.1) is 24.7 Å². The highest BCUT2D eigenvalue weighted by molar-refractivity contribution is 6.02. The minimum atomic E-state index is -0.886. The summed E-state index contributed by atoms with van der Waals surface area (Å²) in [5.41, 5.74) is -0.972. The third-order valence-electron chi connectivity index (χ3n) is 3.08. The van der Waals surface area contributed by atoms with Crippen LogP contribution in [0.1, 0.15) is 10.4 Å². The Labute approximate surface area is 114 Å². The molecule has 0 radical (unpaired) electrons. The Balaban J connectivity index is 2.25. The van der Waals surface area contributed by atoms with Crippen LogP contribution < -0.4 is 0 Å². The van der Waals surface area contributed by atoms with E-state index in [2.05, 4.69) is 0 Å². The fourth-order valence-electron chi connectivity index (χ4n) is 2.03. The number of hydrogen-bond acceptors (Lipinski definition) is 7. The number of ether oxygens (including phenoxy) is 1. The maximum Gasteiger partial charge on any atom is 0.325 e. The van der Waals surface area contributed by atoms with Crippen LogP contribution >= 0.6 is 0 Å². The third-order valence-corrected chi connectivity index (χ3v) is 3.08. The lowest BCUT2D eigenvalue weighted by Crippen LogP contribution is -2.39. The molecule has 8 nitrogen and oxygen atoms in total. The van der Waals surface area contributed by atoms with Crippen molar-refractivity contribution in [2.24, 2.45) is 0 Å². The van der Waals surface area contributed by atoms with Crippen molar-refractivity contribution in [1.29, 1.82) is 0 Å². The summed E-state index contributed by atoms with van der Waals surface area (Å²) in [6, 6.07) is 2.21. The van der Waals surface area contributed by atoms with Gasteiger partial charge in [-0.1, -0.05) is 0 Å². The zero-order valence-electron chi connectivity index (χ0n) is 10.6. The Morgan fingerprint density at radius 1 is 1.35 bits per heavy atom. The first-order chi connectivity index (χ1) is 9.50. The van der Waals surface area contributed by atoms with E-state index in [-0.39, 0.29) is 12.1 Å². The number of ketones is 1. The topological polar surface area (TPSA) is 113 Å². The smallest absolute Gasteiger partial charge is 0.325 e. The molecule has 0 aromatic heterocycles. The van der Waals surface area contributed by atoms with Crippen molar-refractivity contribution in [1.82, 2.24) is 4.90 Å². The third kappa shape index (κ3) is 2.86. The number of hydrogen-bond donors (Lipinski definition) is 2. The van der Waals surface area contributed by atoms with E-state index in [9.17, 15) is 25.1 Å². The lowest BCUT2D eigenvalue weighted by molar-refractivity contribution is -0.386. The molecule has 1 saturated heterocycles. The summed E-state index contributed by atoms with van der Waals surface area (Å²) >= 11 is 0. The molecule has 1 fully saturated rings. The van der Waals surface area contributed by atoms with Gasteiger partial charge in [0.15, 0.2) is 11.5 Å². The van der Waals surface area contributed by atoms with E-state index < -0.39 is 27.9 Å². The van der Waals surface area contributed by atoms with Gasteiger partial charge in [0.1, 0.15) is 5.56 Å². The second-order valence-corrected chi connectivity index (χ2v) is 4.40. The van der Waals surface area contributed by atoms with Crippen LogP contribution in [0.25, 0.3) is 0 Å². The Kier molecular flexibility index (Phi) is 4.16. The number of nitrogens with zero attached hydrogens (tertiary/aromatic N) is 2. The number of carbonyl (C=O) groups excluding carboxylic acids is 1. The molecule has 108 valence electrons. The molecule has 1 heterocycles. The second kappa shape index (κ2) is 5.85. The van der Waals surface area contributed by atoms with Crippen LogP contribution in [0.3, 0.4) is 0 Å². The van der Waals surface area contributed by atoms with Gasteiger partial charge in [-0.25, -0.2) is 0 Å². The number of benzene rings is 1. The lowest BCUT2D eigenvalue weighted by atomic mass is 10.1. The number of aromatic hydroxyl groups is 2. The highest BCUT2D eigenvalue weighted by Crippen LogP contribution is 2.37. The molecular weight excluding hydrogens is 268 g/mol. The van der Waals surface area contributed by atoms with Gasteiger partial charge in [-0.15, -0.1) is 0 Å². The number of nitro groups is 1. The fourth-order valence-corrected chi connectivity index (χ4v) is 2.03. The number of Topliss-reactive ketones (excluding diaryl/α,β-unsaturated/α-hetero) is 1. The number of morpholine rings is 1. The van der Waals surface area contributed by atoms with E-state index >= 15 is 0 Å². The number of rotatable bonds is 4. The van der Waals surface area contributed by atoms with Crippen LogP contribution in [0.2, 0.25) is 0 Å². The van der Waals surface area contributed by atoms with E-state index in [1.54, 1.807) is 0 Å². The van der Waals surface area contributed by atoms with E-state index in [1.165, 1.54) is 0 Å². The van der Waals surface area contributed by atoms with Crippen LogP contribution in [0.15, 0.2) is 12.1 Å². The largest absolute Gasteiger partial charge is 0.504 e. The van der Waals surface area contributed by atoms with Crippen LogP contribution in [-0.2, 0) is 4.74 Å². The zero-order valence-corrected chi connectivity index (χ0v) is 10.6. The highest BCUT2D eigenvalue weighted by atomic mass is 16.6. The highest BCUT2D eigenvalue weighted by Gasteiger charge is 2.28. The minimum Gasteiger partial charge on any atom is -0.504 e. The molecule has 1 aromatic rings. The summed E-state index contributed by atoms with van der Waals surface area (Å²) in [5, 5.41) is 29.8. The van der Waals surface area contributed by atoms with E-state index in [1.807, 2.05) is 4.90 Å². The van der Waals surface area contributed by atoms with Crippen molar-refractivity contribution in [2.75, 3.05) is 32.8 Å². The molecule has 1 aliphatic rings. The summed E-state index contributed by atoms with van der Waals surface area (Å²) in [7, 11) is 0. The number of carbonyl (C=O) groups is 1. The van der Waals surface area contributed by atoms with E-state index in [4.69, 9.17) is 4.74 Å². The molecule has 2 rings (SSSR count). The number of nitro benzene ring substituents is 1. The summed E-state index contributed by atoms with van der Waals surface area (Å²) in [5.74, 6) is -1.99. The van der Waals surface area contributed by atoms with Gasteiger partial charge in [0, 0.05) is 13.1 Å². The molecule has 0 unspecified atom stereocenters. The Hall–Kier alpha value is -2.19. The monoisotopic (exact) mass is 282 g/mol. The van der Waals surface area contributed by atoms with Crippen molar-refractivity contribution in [3.63, 3.8) is 0 Å². The molecule has 1 aliphatic heterocycles. The van der Waals surface area contributed by atoms with Crippen LogP contribution in [0, 0.1) is 10.1 Å². The molecule has 0 aliphatic carbocycles. The summed E-state index contributed by atoms with van der Waals surface area (Å²) in [6.45, 7) is 2.17. The maximum absolute atomic E-state index is 12.1. The summed E-state index contributed by atoms with van der Waals surface area (Å²) < 4.78 is 5.15. The molecule has 0 saturated carbocycles. The van der Waals surface area contributed by atoms with Crippen LogP contribution in [0.4, 0.5) is 5.69 Å². The molecule has 0 atom stereocenters. The quantitative estimate of drug-likeness (QED) is 0.358. The molecular formula is C12H14N2O6. The molecule has 0 spiro atoms. The SMILES string of the molecule is O=C(CN1CCOCC1)c1ccc(O)c(O)c1[N+](=O)[O-]. The number of phenols is 2. The maximum atomic E-state index is 12.1. The van der Waals surface area contributed by atoms with Crippen molar-refractivity contribution < 1.29 is 24.7 Å². The van der Waals surface area contributed by atoms with Gasteiger partial charge >= 0.3 is 5.69 Å². The predicted octanol–water partition coefficient (Wildman–Crippen LogP) is 0.521. The van der Waals surface area contributed by atoms with E-state index in [0.717, 1.165) is 12.1 Å². The van der Waals surface area contributed by atoms with Gasteiger partial charge in [-0.2, -0.15) is 0 Å². The average molecular weight is 282 g/mol. The average Bonchev–Trinajstić information content (AvgIpc) is 2.42. The Morgan fingerprint density at radius 3 is 2.60 bits per heavy atom. The molecule has 0 bridgehead atoms. The predicted molar refractivity (Wildman–Crippen MR) is 68.0 cm³/mol. The van der Waals surface area contributed by atoms with Crippen LogP contribution in [-0.4, -0.2) is 58.7 Å². The Bertz CT molecular complexity index is 539. The van der Waals surface area contributed by atoms with Gasteiger partial charge in [0.25, 0.3) is 0 Å². The lowest BCUT2D eigenvalue weighted by Gasteiger charge is -2.25. The first-order valence-corrected chi connectivity index (χ1v) is 6.03. The van der Waals surface area contributed by atoms with Gasteiger partial charge in [-0.05, 0) is 12.1 Å². The minimum absolute atomic E-state index is 0.00835. The second-order valence-electron chi connectivity index (χ2n) is 4.40. The Morgan fingerprint density at radius 2 is 2.00 bits per heavy atom. The molecule has 0 amide bonds. The fraction of sp³-hybridized carbons (Fsp3) is 0.417. The van der Waals surface area contributed by atoms with Crippen molar-refractivity contribution in [3.8, 4) is 11.5 Å². The zero-order chi connectivity index (χ0) is 14.7. The van der Waals surface area contributed by atoms with Gasteiger partial charge in [0.2, 0.25) is 5.75 Å². The van der Waals surface area contributed by atoms with Gasteiger partial charge in [-0.3, -0.25) is 19.8 Å². The summed E-state index contributed by atoms with van der Waals surface area (Å²) in [6.07, 6.45) is 0. The van der Waals surface area contributed by atoms with Gasteiger partial charge < -0.3 is 14.9 Å². The molecule has 8 heteroatoms. The van der Waals surface area contributed by atoms with Crippen LogP contribution in [0.5, 0.6) is 11.5 Å². The molecule has 2 N–H and O–H groups in total. The number of phenolic OH excluding ortho intramolecular Hbond substituents is 2. The normalized spacial score (nSPS) is 16.0. The standard InChI is InChI=1S/C12H14N2O6/c15-9-2-1-8(11(12(9)17)14(18)19)10(16)7-13-3-5-20-6-4-13/h1-2,15,17H,3-7H2. The van der Waals surface area contributed by atoms with Crippen molar-refractivity contribution in [3.05, 3.63) is 27.8 Å². The van der Waals surface area contributed by atoms with E-state index in [0.29, 0.717) is 26.3 Å². The first-order valence-electron chi connectivity index (χ1n) is 6.03. The first kappa shape index (κ1) is 14.2.